The van der Waals surface area contributed by atoms with Gasteiger partial charge in [0.2, 0.25) is 0 Å². The fourth-order valence-electron chi connectivity index (χ4n) is 2.63. The van der Waals surface area contributed by atoms with E-state index in [1.54, 1.807) is 6.08 Å². The summed E-state index contributed by atoms with van der Waals surface area (Å²) in [5, 5.41) is 0.315. The number of benzene rings is 1. The monoisotopic (exact) mass is 418 g/mol. The lowest BCUT2D eigenvalue weighted by molar-refractivity contribution is 0.104. The summed E-state index contributed by atoms with van der Waals surface area (Å²) >= 11 is 0. The maximum Gasteiger partial charge on any atom is 0.192 e. The summed E-state index contributed by atoms with van der Waals surface area (Å²) < 4.78 is 12.9. The lowest BCUT2D eigenvalue weighted by Gasteiger charge is -2.36. The van der Waals surface area contributed by atoms with Crippen LogP contribution in [0.15, 0.2) is 18.2 Å². The third kappa shape index (κ3) is 4.93. The largest absolute Gasteiger partial charge is 0.413 e. The first-order valence-corrected chi connectivity index (χ1v) is 16.0. The van der Waals surface area contributed by atoms with Crippen molar-refractivity contribution in [3.8, 4) is 0 Å². The molecule has 0 atom stereocenters. The van der Waals surface area contributed by atoms with Crippen molar-refractivity contribution < 1.29 is 13.6 Å². The minimum absolute atomic E-state index is 0.0840. The molecule has 0 aromatic heterocycles. The highest BCUT2D eigenvalue weighted by Crippen LogP contribution is 2.39. The second kappa shape index (κ2) is 7.67. The molecular formula is C23H38O3Si2. The minimum atomic E-state index is -1.89. The van der Waals surface area contributed by atoms with Crippen LogP contribution in [0.1, 0.15) is 68.6 Å². The normalized spacial score (nSPS) is 15.3. The molecule has 0 aliphatic heterocycles. The summed E-state index contributed by atoms with van der Waals surface area (Å²) in [6.45, 7) is 23.6. The molecule has 0 fully saturated rings. The second-order valence-corrected chi connectivity index (χ2v) is 20.6. The predicted molar refractivity (Wildman–Crippen MR) is 124 cm³/mol. The van der Waals surface area contributed by atoms with Gasteiger partial charge in [-0.05, 0) is 65.1 Å². The molecule has 0 spiro atoms. The molecule has 1 aromatic carbocycles. The van der Waals surface area contributed by atoms with Crippen molar-refractivity contribution in [1.29, 1.82) is 0 Å². The van der Waals surface area contributed by atoms with E-state index in [-0.39, 0.29) is 15.9 Å². The SMILES string of the molecule is CC(C)(C)[Si](C)(C)OCc1cc2c(c(CO[Si](C)(C)C(C)(C)C)c1)C(=O)C=C2. The topological polar surface area (TPSA) is 35.5 Å². The molecule has 0 radical (unpaired) electrons. The molecule has 0 bridgehead atoms. The Hall–Kier alpha value is -1.02. The lowest BCUT2D eigenvalue weighted by atomic mass is 9.99. The first-order valence-electron chi connectivity index (χ1n) is 10.2. The van der Waals surface area contributed by atoms with Crippen molar-refractivity contribution in [3.05, 3.63) is 40.5 Å². The molecule has 28 heavy (non-hydrogen) atoms. The van der Waals surface area contributed by atoms with Gasteiger partial charge in [0, 0.05) is 5.56 Å². The highest BCUT2D eigenvalue weighted by atomic mass is 28.4. The van der Waals surface area contributed by atoms with Gasteiger partial charge >= 0.3 is 0 Å². The van der Waals surface area contributed by atoms with Gasteiger partial charge in [-0.25, -0.2) is 0 Å². The number of hydrogen-bond acceptors (Lipinski definition) is 3. The molecule has 0 amide bonds. The standard InChI is InChI=1S/C23H38O3Si2/c1-22(2,3)27(7,8)25-15-17-13-18-11-12-20(24)21(18)19(14-17)16-26-28(9,10)23(4,5)6/h11-14H,15-16H2,1-10H3. The van der Waals surface area contributed by atoms with Crippen molar-refractivity contribution >= 4 is 28.5 Å². The predicted octanol–water partition coefficient (Wildman–Crippen LogP) is 6.94. The Morgan fingerprint density at radius 3 is 1.79 bits per heavy atom. The van der Waals surface area contributed by atoms with Crippen LogP contribution in [-0.2, 0) is 22.1 Å². The van der Waals surface area contributed by atoms with Crippen LogP contribution >= 0.6 is 0 Å². The summed E-state index contributed by atoms with van der Waals surface area (Å²) in [7, 11) is -3.72. The van der Waals surface area contributed by atoms with Crippen LogP contribution < -0.4 is 0 Å². The number of rotatable bonds is 6. The van der Waals surface area contributed by atoms with Crippen molar-refractivity contribution in [2.24, 2.45) is 0 Å². The van der Waals surface area contributed by atoms with Gasteiger partial charge in [-0.2, -0.15) is 0 Å². The molecular weight excluding hydrogens is 380 g/mol. The zero-order chi connectivity index (χ0) is 21.5. The molecule has 3 nitrogen and oxygen atoms in total. The third-order valence-electron chi connectivity index (χ3n) is 6.77. The summed E-state index contributed by atoms with van der Waals surface area (Å²) in [6.07, 6.45) is 3.59. The number of hydrogen-bond donors (Lipinski definition) is 0. The third-order valence-corrected chi connectivity index (χ3v) is 15.7. The van der Waals surface area contributed by atoms with E-state index in [0.717, 1.165) is 22.3 Å². The fraction of sp³-hybridized carbons (Fsp3) is 0.609. The van der Waals surface area contributed by atoms with Crippen LogP contribution in [0, 0.1) is 0 Å². The van der Waals surface area contributed by atoms with Gasteiger partial charge in [0.1, 0.15) is 0 Å². The number of ketones is 1. The maximum atomic E-state index is 12.4. The maximum absolute atomic E-state index is 12.4. The Labute approximate surface area is 173 Å². The highest BCUT2D eigenvalue weighted by molar-refractivity contribution is 6.74. The molecule has 1 aliphatic rings. The Bertz CT molecular complexity index is 778. The van der Waals surface area contributed by atoms with Crippen molar-refractivity contribution in [3.63, 3.8) is 0 Å². The van der Waals surface area contributed by atoms with Gasteiger partial charge in [-0.15, -0.1) is 0 Å². The fourth-order valence-corrected chi connectivity index (χ4v) is 4.54. The lowest BCUT2D eigenvalue weighted by Crippen LogP contribution is -2.40. The quantitative estimate of drug-likeness (QED) is 0.469. The zero-order valence-electron chi connectivity index (χ0n) is 19.4. The van der Waals surface area contributed by atoms with Crippen LogP contribution in [0.2, 0.25) is 36.3 Å². The first-order chi connectivity index (χ1) is 12.6. The van der Waals surface area contributed by atoms with E-state index in [2.05, 4.69) is 79.9 Å². The van der Waals surface area contributed by atoms with E-state index in [0.29, 0.717) is 13.2 Å². The summed E-state index contributed by atoms with van der Waals surface area (Å²) in [5.74, 6) is 0.0840. The van der Waals surface area contributed by atoms with E-state index in [1.165, 1.54) is 0 Å². The summed E-state index contributed by atoms with van der Waals surface area (Å²) in [4.78, 5) is 12.4. The van der Waals surface area contributed by atoms with E-state index in [4.69, 9.17) is 8.85 Å². The Balaban J connectivity index is 2.28. The van der Waals surface area contributed by atoms with E-state index in [1.807, 2.05) is 6.08 Å². The highest BCUT2D eigenvalue weighted by Gasteiger charge is 2.38. The molecule has 1 aromatic rings. The number of allylic oxidation sites excluding steroid dienone is 1. The summed E-state index contributed by atoms with van der Waals surface area (Å²) in [5.41, 5.74) is 3.91. The Morgan fingerprint density at radius 2 is 1.29 bits per heavy atom. The number of fused-ring (bicyclic) bond motifs is 1. The van der Waals surface area contributed by atoms with Gasteiger partial charge in [0.15, 0.2) is 22.4 Å². The summed E-state index contributed by atoms with van der Waals surface area (Å²) in [6, 6.07) is 4.21. The molecule has 5 heteroatoms. The van der Waals surface area contributed by atoms with E-state index >= 15 is 0 Å². The Morgan fingerprint density at radius 1 is 0.786 bits per heavy atom. The molecule has 156 valence electrons. The van der Waals surface area contributed by atoms with Gasteiger partial charge in [0.25, 0.3) is 0 Å². The molecule has 1 aliphatic carbocycles. The van der Waals surface area contributed by atoms with Crippen LogP contribution in [0.25, 0.3) is 6.08 Å². The Kier molecular flexibility index (Phi) is 6.37. The number of carbonyl (C=O) groups excluding carboxylic acids is 1. The minimum Gasteiger partial charge on any atom is -0.413 e. The van der Waals surface area contributed by atoms with Gasteiger partial charge in [-0.3, -0.25) is 4.79 Å². The van der Waals surface area contributed by atoms with E-state index in [9.17, 15) is 4.79 Å². The van der Waals surface area contributed by atoms with Gasteiger partial charge in [-0.1, -0.05) is 53.7 Å². The van der Waals surface area contributed by atoms with Crippen molar-refractivity contribution in [2.75, 3.05) is 0 Å². The average molecular weight is 419 g/mol. The van der Waals surface area contributed by atoms with Gasteiger partial charge < -0.3 is 8.85 Å². The van der Waals surface area contributed by atoms with Crippen LogP contribution in [0.4, 0.5) is 0 Å². The zero-order valence-corrected chi connectivity index (χ0v) is 21.4. The molecule has 0 saturated carbocycles. The molecule has 0 heterocycles. The molecule has 0 N–H and O–H groups in total. The molecule has 2 rings (SSSR count). The molecule has 0 unspecified atom stereocenters. The molecule has 0 saturated heterocycles. The second-order valence-electron chi connectivity index (χ2n) is 11.0. The van der Waals surface area contributed by atoms with E-state index < -0.39 is 16.6 Å². The van der Waals surface area contributed by atoms with Crippen molar-refractivity contribution in [1.82, 2.24) is 0 Å². The smallest absolute Gasteiger partial charge is 0.192 e. The van der Waals surface area contributed by atoms with Gasteiger partial charge in [0.05, 0.1) is 13.2 Å². The van der Waals surface area contributed by atoms with Crippen molar-refractivity contribution in [2.45, 2.75) is 91.0 Å². The first kappa shape index (κ1) is 23.3. The average Bonchev–Trinajstić information content (AvgIpc) is 2.90. The number of carbonyl (C=O) groups is 1. The van der Waals surface area contributed by atoms with Crippen LogP contribution in [0.3, 0.4) is 0 Å². The van der Waals surface area contributed by atoms with Crippen LogP contribution in [0.5, 0.6) is 0 Å². The van der Waals surface area contributed by atoms with Crippen LogP contribution in [-0.4, -0.2) is 22.4 Å².